The number of hydrogen-bond donors (Lipinski definition) is 1. The molecular formula is C13H20N2O4. The molecule has 1 saturated carbocycles. The highest BCUT2D eigenvalue weighted by Crippen LogP contribution is 2.43. The minimum absolute atomic E-state index is 0.00725. The molecule has 2 atom stereocenters. The first-order valence-corrected chi connectivity index (χ1v) is 6.41. The molecular weight excluding hydrogens is 248 g/mol. The summed E-state index contributed by atoms with van der Waals surface area (Å²) in [5.41, 5.74) is 0.192. The van der Waals surface area contributed by atoms with Crippen molar-refractivity contribution in [2.24, 2.45) is 5.41 Å². The third-order valence-corrected chi connectivity index (χ3v) is 3.75. The second kappa shape index (κ2) is 5.21. The summed E-state index contributed by atoms with van der Waals surface area (Å²) in [6.07, 6.45) is 2.42. The SMILES string of the molecule is CCOC(=O)c1coc(NC2CC(OC)C2(C)C)n1. The van der Waals surface area contributed by atoms with Crippen molar-refractivity contribution in [1.82, 2.24) is 4.98 Å². The summed E-state index contributed by atoms with van der Waals surface area (Å²) in [6, 6.07) is 0.557. The lowest BCUT2D eigenvalue weighted by molar-refractivity contribution is -0.0800. The van der Waals surface area contributed by atoms with E-state index in [1.807, 2.05) is 0 Å². The van der Waals surface area contributed by atoms with Crippen LogP contribution in [0.5, 0.6) is 0 Å². The summed E-state index contributed by atoms with van der Waals surface area (Å²) in [5.74, 6) is -0.470. The van der Waals surface area contributed by atoms with E-state index in [1.165, 1.54) is 6.26 Å². The van der Waals surface area contributed by atoms with Crippen LogP contribution in [0.1, 0.15) is 37.7 Å². The summed E-state index contributed by atoms with van der Waals surface area (Å²) in [4.78, 5) is 15.5. The average Bonchev–Trinajstić information content (AvgIpc) is 2.83. The molecule has 1 N–H and O–H groups in total. The van der Waals surface area contributed by atoms with E-state index in [0.717, 1.165) is 6.42 Å². The first-order chi connectivity index (χ1) is 8.98. The zero-order valence-corrected chi connectivity index (χ0v) is 11.7. The summed E-state index contributed by atoms with van der Waals surface area (Å²) < 4.78 is 15.5. The number of nitrogens with zero attached hydrogens (tertiary/aromatic N) is 1. The van der Waals surface area contributed by atoms with Crippen LogP contribution in [0.25, 0.3) is 0 Å². The lowest BCUT2D eigenvalue weighted by Crippen LogP contribution is -2.57. The number of methoxy groups -OCH3 is 1. The van der Waals surface area contributed by atoms with E-state index < -0.39 is 5.97 Å². The van der Waals surface area contributed by atoms with Gasteiger partial charge in [0, 0.05) is 18.6 Å². The molecule has 1 aliphatic carbocycles. The van der Waals surface area contributed by atoms with Gasteiger partial charge in [-0.1, -0.05) is 13.8 Å². The molecule has 1 fully saturated rings. The van der Waals surface area contributed by atoms with Crippen LogP contribution < -0.4 is 5.32 Å². The topological polar surface area (TPSA) is 73.6 Å². The molecule has 1 aromatic rings. The van der Waals surface area contributed by atoms with Gasteiger partial charge in [-0.25, -0.2) is 4.79 Å². The van der Waals surface area contributed by atoms with Gasteiger partial charge in [-0.3, -0.25) is 0 Å². The molecule has 0 amide bonds. The molecule has 0 aliphatic heterocycles. The van der Waals surface area contributed by atoms with Gasteiger partial charge in [-0.15, -0.1) is 0 Å². The minimum Gasteiger partial charge on any atom is -0.461 e. The number of carbonyl (C=O) groups is 1. The van der Waals surface area contributed by atoms with E-state index in [-0.39, 0.29) is 23.3 Å². The number of carbonyl (C=O) groups excluding carboxylic acids is 1. The average molecular weight is 268 g/mol. The van der Waals surface area contributed by atoms with Gasteiger partial charge in [-0.2, -0.15) is 4.98 Å². The van der Waals surface area contributed by atoms with Crippen molar-refractivity contribution in [2.75, 3.05) is 19.0 Å². The van der Waals surface area contributed by atoms with Gasteiger partial charge in [0.25, 0.3) is 6.01 Å². The molecule has 6 heteroatoms. The van der Waals surface area contributed by atoms with Gasteiger partial charge < -0.3 is 19.2 Å². The monoisotopic (exact) mass is 268 g/mol. The number of anilines is 1. The normalized spacial score (nSPS) is 24.6. The van der Waals surface area contributed by atoms with Crippen LogP contribution in [0.15, 0.2) is 10.7 Å². The fourth-order valence-corrected chi connectivity index (χ4v) is 2.32. The molecule has 1 heterocycles. The summed E-state index contributed by atoms with van der Waals surface area (Å²) in [5, 5.41) is 3.18. The van der Waals surface area contributed by atoms with Crippen LogP contribution in [0.3, 0.4) is 0 Å². The van der Waals surface area contributed by atoms with E-state index in [4.69, 9.17) is 13.9 Å². The Morgan fingerprint density at radius 1 is 1.63 bits per heavy atom. The van der Waals surface area contributed by atoms with Gasteiger partial charge in [-0.05, 0) is 13.3 Å². The Hall–Kier alpha value is -1.56. The molecule has 0 bridgehead atoms. The number of oxazole rings is 1. The van der Waals surface area contributed by atoms with Gasteiger partial charge >= 0.3 is 5.97 Å². The number of rotatable bonds is 5. The first kappa shape index (κ1) is 13.9. The van der Waals surface area contributed by atoms with Gasteiger partial charge in [0.1, 0.15) is 6.26 Å². The zero-order chi connectivity index (χ0) is 14.0. The third-order valence-electron chi connectivity index (χ3n) is 3.75. The molecule has 0 saturated heterocycles. The number of ether oxygens (including phenoxy) is 2. The van der Waals surface area contributed by atoms with E-state index in [2.05, 4.69) is 24.1 Å². The molecule has 1 aromatic heterocycles. The van der Waals surface area contributed by atoms with Crippen molar-refractivity contribution in [3.8, 4) is 0 Å². The predicted octanol–water partition coefficient (Wildman–Crippen LogP) is 2.08. The van der Waals surface area contributed by atoms with Crippen molar-refractivity contribution in [1.29, 1.82) is 0 Å². The maximum absolute atomic E-state index is 11.5. The standard InChI is InChI=1S/C13H20N2O4/c1-5-18-11(16)8-7-19-12(14-8)15-9-6-10(17-4)13(9,2)3/h7,9-10H,5-6H2,1-4H3,(H,14,15). The number of hydrogen-bond acceptors (Lipinski definition) is 6. The van der Waals surface area contributed by atoms with E-state index in [1.54, 1.807) is 14.0 Å². The van der Waals surface area contributed by atoms with Crippen LogP contribution in [0.2, 0.25) is 0 Å². The maximum atomic E-state index is 11.5. The zero-order valence-electron chi connectivity index (χ0n) is 11.7. The molecule has 0 aromatic carbocycles. The highest BCUT2D eigenvalue weighted by atomic mass is 16.5. The molecule has 0 spiro atoms. The van der Waals surface area contributed by atoms with Gasteiger partial charge in [0.15, 0.2) is 5.69 Å². The fraction of sp³-hybridized carbons (Fsp3) is 0.692. The van der Waals surface area contributed by atoms with Crippen molar-refractivity contribution in [2.45, 2.75) is 39.3 Å². The Bertz CT molecular complexity index is 455. The Balaban J connectivity index is 1.96. The molecule has 19 heavy (non-hydrogen) atoms. The smallest absolute Gasteiger partial charge is 0.360 e. The first-order valence-electron chi connectivity index (χ1n) is 6.41. The fourth-order valence-electron chi connectivity index (χ4n) is 2.32. The molecule has 106 valence electrons. The Morgan fingerprint density at radius 3 is 2.95 bits per heavy atom. The Kier molecular flexibility index (Phi) is 3.80. The highest BCUT2D eigenvalue weighted by Gasteiger charge is 2.49. The lowest BCUT2D eigenvalue weighted by atomic mass is 9.64. The van der Waals surface area contributed by atoms with Crippen LogP contribution in [-0.4, -0.2) is 36.8 Å². The largest absolute Gasteiger partial charge is 0.461 e. The molecule has 0 radical (unpaired) electrons. The second-order valence-corrected chi connectivity index (χ2v) is 5.24. The maximum Gasteiger partial charge on any atom is 0.360 e. The second-order valence-electron chi connectivity index (χ2n) is 5.24. The summed E-state index contributed by atoms with van der Waals surface area (Å²) in [7, 11) is 1.71. The van der Waals surface area contributed by atoms with Crippen LogP contribution in [0, 0.1) is 5.41 Å². The molecule has 1 aliphatic rings. The summed E-state index contributed by atoms with van der Waals surface area (Å²) in [6.45, 7) is 6.31. The van der Waals surface area contributed by atoms with Gasteiger partial charge in [0.2, 0.25) is 0 Å². The van der Waals surface area contributed by atoms with E-state index in [0.29, 0.717) is 12.6 Å². The van der Waals surface area contributed by atoms with E-state index in [9.17, 15) is 4.79 Å². The number of aromatic nitrogens is 1. The molecule has 6 nitrogen and oxygen atoms in total. The molecule has 2 unspecified atom stereocenters. The minimum atomic E-state index is -0.470. The van der Waals surface area contributed by atoms with E-state index >= 15 is 0 Å². The lowest BCUT2D eigenvalue weighted by Gasteiger charge is -2.50. The summed E-state index contributed by atoms with van der Waals surface area (Å²) >= 11 is 0. The van der Waals surface area contributed by atoms with Crippen LogP contribution in [0.4, 0.5) is 6.01 Å². The quantitative estimate of drug-likeness (QED) is 0.824. The van der Waals surface area contributed by atoms with Crippen molar-refractivity contribution in [3.05, 3.63) is 12.0 Å². The van der Waals surface area contributed by atoms with Crippen molar-refractivity contribution >= 4 is 12.0 Å². The van der Waals surface area contributed by atoms with Crippen LogP contribution in [-0.2, 0) is 9.47 Å². The Morgan fingerprint density at radius 2 is 2.37 bits per heavy atom. The van der Waals surface area contributed by atoms with Crippen LogP contribution >= 0.6 is 0 Å². The van der Waals surface area contributed by atoms with Crippen molar-refractivity contribution in [3.63, 3.8) is 0 Å². The number of esters is 1. The third kappa shape index (κ3) is 2.58. The van der Waals surface area contributed by atoms with Crippen molar-refractivity contribution < 1.29 is 18.7 Å². The molecule has 2 rings (SSSR count). The number of nitrogens with one attached hydrogen (secondary N) is 1. The highest BCUT2D eigenvalue weighted by molar-refractivity contribution is 5.87. The Labute approximate surface area is 112 Å². The van der Waals surface area contributed by atoms with Gasteiger partial charge in [0.05, 0.1) is 12.7 Å². The predicted molar refractivity (Wildman–Crippen MR) is 69.1 cm³/mol.